The third-order valence-electron chi connectivity index (χ3n) is 5.40. The van der Waals surface area contributed by atoms with E-state index in [1.54, 1.807) is 24.5 Å². The van der Waals surface area contributed by atoms with Gasteiger partial charge in [0.1, 0.15) is 5.15 Å². The van der Waals surface area contributed by atoms with E-state index >= 15 is 0 Å². The molecule has 0 spiro atoms. The van der Waals surface area contributed by atoms with E-state index in [2.05, 4.69) is 9.97 Å². The first-order chi connectivity index (χ1) is 13.8. The molecule has 0 aliphatic carbocycles. The van der Waals surface area contributed by atoms with Crippen molar-refractivity contribution in [1.82, 2.24) is 9.97 Å². The predicted octanol–water partition coefficient (Wildman–Crippen LogP) is 1.98. The molecule has 0 aromatic carbocycles. The van der Waals surface area contributed by atoms with Gasteiger partial charge in [-0.3, -0.25) is 4.98 Å². The van der Waals surface area contributed by atoms with Crippen molar-refractivity contribution in [2.75, 3.05) is 37.9 Å². The van der Waals surface area contributed by atoms with Crippen LogP contribution in [0, 0.1) is 0 Å². The molecule has 9 heteroatoms. The van der Waals surface area contributed by atoms with E-state index < -0.39 is 11.2 Å². The zero-order valence-electron chi connectivity index (χ0n) is 16.2. The largest absolute Gasteiger partial charge is 0.397 e. The van der Waals surface area contributed by atoms with Crippen LogP contribution in [-0.2, 0) is 20.7 Å². The Morgan fingerprint density at radius 3 is 1.93 bits per heavy atom. The molecule has 29 heavy (non-hydrogen) atoms. The maximum atomic E-state index is 10.4. The topological polar surface area (TPSA) is 137 Å². The SMILES string of the molecule is Nc1cnc(Cl)cc1C1(O)CCOCC1.Nc1cnccc1C1(O)CCOCC1. The van der Waals surface area contributed by atoms with Gasteiger partial charge in [-0.15, -0.1) is 0 Å². The van der Waals surface area contributed by atoms with Gasteiger partial charge >= 0.3 is 0 Å². The highest BCUT2D eigenvalue weighted by Crippen LogP contribution is 2.36. The lowest BCUT2D eigenvalue weighted by atomic mass is 9.86. The second kappa shape index (κ2) is 9.23. The fraction of sp³-hybridized carbons (Fsp3) is 0.500. The zero-order valence-corrected chi connectivity index (χ0v) is 16.9. The van der Waals surface area contributed by atoms with E-state index in [0.717, 1.165) is 5.56 Å². The Balaban J connectivity index is 0.000000166. The van der Waals surface area contributed by atoms with Gasteiger partial charge in [0.05, 0.1) is 35.0 Å². The van der Waals surface area contributed by atoms with Crippen LogP contribution in [0.1, 0.15) is 36.8 Å². The Labute approximate surface area is 174 Å². The molecule has 0 saturated carbocycles. The molecule has 2 saturated heterocycles. The summed E-state index contributed by atoms with van der Waals surface area (Å²) in [6, 6.07) is 3.41. The molecule has 2 aliphatic rings. The van der Waals surface area contributed by atoms with Crippen LogP contribution in [0.5, 0.6) is 0 Å². The molecule has 8 nitrogen and oxygen atoms in total. The van der Waals surface area contributed by atoms with Crippen molar-refractivity contribution in [3.8, 4) is 0 Å². The van der Waals surface area contributed by atoms with Gasteiger partial charge in [0.2, 0.25) is 0 Å². The minimum atomic E-state index is -0.922. The number of hydrogen-bond donors (Lipinski definition) is 4. The lowest BCUT2D eigenvalue weighted by molar-refractivity contribution is -0.0678. The van der Waals surface area contributed by atoms with E-state index in [0.29, 0.717) is 74.2 Å². The Hall–Kier alpha value is -1.97. The van der Waals surface area contributed by atoms with Crippen LogP contribution in [0.3, 0.4) is 0 Å². The Kier molecular flexibility index (Phi) is 6.92. The van der Waals surface area contributed by atoms with Gasteiger partial charge in [0, 0.05) is 69.4 Å². The first kappa shape index (κ1) is 21.7. The summed E-state index contributed by atoms with van der Waals surface area (Å²) in [4.78, 5) is 7.77. The third-order valence-corrected chi connectivity index (χ3v) is 5.60. The molecule has 4 rings (SSSR count). The first-order valence-electron chi connectivity index (χ1n) is 9.56. The van der Waals surface area contributed by atoms with Crippen LogP contribution in [0.25, 0.3) is 0 Å². The Bertz CT molecular complexity index is 824. The first-order valence-corrected chi connectivity index (χ1v) is 9.94. The summed E-state index contributed by atoms with van der Waals surface area (Å²) in [7, 11) is 0. The molecule has 158 valence electrons. The fourth-order valence-corrected chi connectivity index (χ4v) is 3.79. The van der Waals surface area contributed by atoms with Crippen molar-refractivity contribution < 1.29 is 19.7 Å². The lowest BCUT2D eigenvalue weighted by Crippen LogP contribution is -2.34. The summed E-state index contributed by atoms with van der Waals surface area (Å²) >= 11 is 5.79. The molecule has 2 aromatic rings. The van der Waals surface area contributed by atoms with Gasteiger partial charge in [-0.25, -0.2) is 4.98 Å². The Morgan fingerprint density at radius 1 is 0.862 bits per heavy atom. The van der Waals surface area contributed by atoms with Gasteiger partial charge in [-0.05, 0) is 12.1 Å². The van der Waals surface area contributed by atoms with Crippen LogP contribution in [0.4, 0.5) is 11.4 Å². The van der Waals surface area contributed by atoms with Crippen molar-refractivity contribution in [2.24, 2.45) is 0 Å². The average molecular weight is 423 g/mol. The van der Waals surface area contributed by atoms with Crippen LogP contribution >= 0.6 is 11.6 Å². The number of hydrogen-bond acceptors (Lipinski definition) is 8. The predicted molar refractivity (Wildman–Crippen MR) is 110 cm³/mol. The van der Waals surface area contributed by atoms with E-state index in [9.17, 15) is 10.2 Å². The summed E-state index contributed by atoms with van der Waals surface area (Å²) in [5.74, 6) is 0. The summed E-state index contributed by atoms with van der Waals surface area (Å²) in [6.07, 6.45) is 6.98. The van der Waals surface area contributed by atoms with Crippen molar-refractivity contribution in [1.29, 1.82) is 0 Å². The van der Waals surface area contributed by atoms with Crippen LogP contribution in [-0.4, -0.2) is 46.6 Å². The standard InChI is InChI=1S/C10H13ClN2O2.C10H14N2O2/c11-9-5-7(8(12)6-13-9)10(14)1-3-15-4-2-10;11-9-7-12-4-1-8(9)10(13)2-5-14-6-3-10/h5-6,14H,1-4,12H2;1,4,7,13H,2-3,5-6,11H2. The number of aliphatic hydroxyl groups is 2. The quantitative estimate of drug-likeness (QED) is 0.539. The molecular formula is C20H27ClN4O4. The molecule has 0 unspecified atom stereocenters. The monoisotopic (exact) mass is 422 g/mol. The van der Waals surface area contributed by atoms with Crippen molar-refractivity contribution in [2.45, 2.75) is 36.9 Å². The molecule has 0 atom stereocenters. The highest BCUT2D eigenvalue weighted by molar-refractivity contribution is 6.29. The fourth-order valence-electron chi connectivity index (χ4n) is 3.63. The summed E-state index contributed by atoms with van der Waals surface area (Å²) < 4.78 is 10.4. The smallest absolute Gasteiger partial charge is 0.129 e. The minimum absolute atomic E-state index is 0.346. The van der Waals surface area contributed by atoms with E-state index in [1.165, 1.54) is 6.20 Å². The summed E-state index contributed by atoms with van der Waals surface area (Å²) in [5.41, 5.74) is 12.3. The van der Waals surface area contributed by atoms with Crippen LogP contribution in [0.15, 0.2) is 30.7 Å². The average Bonchev–Trinajstić information content (AvgIpc) is 2.72. The van der Waals surface area contributed by atoms with Gasteiger partial charge in [0.25, 0.3) is 0 Å². The number of ether oxygens (including phenoxy) is 2. The number of halogens is 1. The molecule has 2 aromatic heterocycles. The molecule has 0 amide bonds. The number of pyridine rings is 2. The molecule has 6 N–H and O–H groups in total. The Morgan fingerprint density at radius 2 is 1.38 bits per heavy atom. The van der Waals surface area contributed by atoms with Crippen molar-refractivity contribution >= 4 is 23.0 Å². The highest BCUT2D eigenvalue weighted by atomic mass is 35.5. The lowest BCUT2D eigenvalue weighted by Gasteiger charge is -2.33. The third kappa shape index (κ3) is 5.15. The minimum Gasteiger partial charge on any atom is -0.397 e. The van der Waals surface area contributed by atoms with Gasteiger partial charge in [0.15, 0.2) is 0 Å². The molecule has 0 radical (unpaired) electrons. The number of rotatable bonds is 2. The number of anilines is 2. The molecule has 0 bridgehead atoms. The van der Waals surface area contributed by atoms with Crippen molar-refractivity contribution in [3.63, 3.8) is 0 Å². The highest BCUT2D eigenvalue weighted by Gasteiger charge is 2.34. The van der Waals surface area contributed by atoms with Crippen LogP contribution in [0.2, 0.25) is 5.15 Å². The maximum absolute atomic E-state index is 10.4. The summed E-state index contributed by atoms with van der Waals surface area (Å²) in [5, 5.41) is 21.1. The number of nitrogens with zero attached hydrogens (tertiary/aromatic N) is 2. The maximum Gasteiger partial charge on any atom is 0.129 e. The van der Waals surface area contributed by atoms with Crippen molar-refractivity contribution in [3.05, 3.63) is 47.0 Å². The van der Waals surface area contributed by atoms with E-state index in [4.69, 9.17) is 32.5 Å². The molecular weight excluding hydrogens is 396 g/mol. The molecule has 2 aliphatic heterocycles. The van der Waals surface area contributed by atoms with Gasteiger partial charge in [-0.1, -0.05) is 11.6 Å². The number of nitrogens with two attached hydrogens (primary N) is 2. The molecule has 4 heterocycles. The second-order valence-corrected chi connectivity index (χ2v) is 7.73. The molecule has 2 fully saturated rings. The normalized spacial score (nSPS) is 20.4. The van der Waals surface area contributed by atoms with Crippen LogP contribution < -0.4 is 11.5 Å². The zero-order chi connectivity index (χ0) is 20.9. The van der Waals surface area contributed by atoms with E-state index in [-0.39, 0.29) is 0 Å². The number of nitrogen functional groups attached to an aromatic ring is 2. The van der Waals surface area contributed by atoms with E-state index in [1.807, 2.05) is 0 Å². The van der Waals surface area contributed by atoms with Gasteiger partial charge in [-0.2, -0.15) is 0 Å². The van der Waals surface area contributed by atoms with Gasteiger partial charge < -0.3 is 31.2 Å². The number of aromatic nitrogens is 2. The summed E-state index contributed by atoms with van der Waals surface area (Å²) in [6.45, 7) is 2.24. The second-order valence-electron chi connectivity index (χ2n) is 7.35.